The summed E-state index contributed by atoms with van der Waals surface area (Å²) in [6.07, 6.45) is 1.21. The molecule has 0 spiro atoms. The van der Waals surface area contributed by atoms with Gasteiger partial charge in [-0.2, -0.15) is 0 Å². The van der Waals surface area contributed by atoms with E-state index >= 15 is 0 Å². The fourth-order valence-electron chi connectivity index (χ4n) is 2.61. The van der Waals surface area contributed by atoms with Crippen LogP contribution in [0.4, 0.5) is 5.69 Å². The molecule has 1 aromatic carbocycles. The number of ether oxygens (including phenoxy) is 1. The van der Waals surface area contributed by atoms with E-state index in [1.807, 2.05) is 0 Å². The van der Waals surface area contributed by atoms with Gasteiger partial charge in [0.05, 0.1) is 10.6 Å². The van der Waals surface area contributed by atoms with Crippen molar-refractivity contribution in [1.82, 2.24) is 10.2 Å². The largest absolute Gasteiger partial charge is 0.368 e. The van der Waals surface area contributed by atoms with E-state index < -0.39 is 5.60 Å². The van der Waals surface area contributed by atoms with Gasteiger partial charge in [-0.25, -0.2) is 0 Å². The van der Waals surface area contributed by atoms with Crippen molar-refractivity contribution >= 4 is 29.1 Å². The zero-order valence-electron chi connectivity index (χ0n) is 13.6. The van der Waals surface area contributed by atoms with Crippen LogP contribution in [0.5, 0.6) is 0 Å². The van der Waals surface area contributed by atoms with Crippen LogP contribution >= 0.6 is 11.6 Å². The van der Waals surface area contributed by atoms with Gasteiger partial charge in [0, 0.05) is 26.9 Å². The van der Waals surface area contributed by atoms with E-state index in [0.29, 0.717) is 29.1 Å². The van der Waals surface area contributed by atoms with Gasteiger partial charge in [-0.15, -0.1) is 0 Å². The standard InChI is InChI=1S/C16H22ClN3O3/c1-20(2)14(21)12-10-11(4-5-13(12)17)19-15(22)16(23-3)6-8-18-9-7-16/h4-5,10,18H,6-9H2,1-3H3,(H,19,22). The molecule has 0 aliphatic carbocycles. The summed E-state index contributed by atoms with van der Waals surface area (Å²) >= 11 is 6.08. The van der Waals surface area contributed by atoms with Crippen molar-refractivity contribution in [3.05, 3.63) is 28.8 Å². The van der Waals surface area contributed by atoms with Crippen molar-refractivity contribution in [3.63, 3.8) is 0 Å². The van der Waals surface area contributed by atoms with E-state index in [1.54, 1.807) is 39.4 Å². The summed E-state index contributed by atoms with van der Waals surface area (Å²) in [4.78, 5) is 26.2. The van der Waals surface area contributed by atoms with Gasteiger partial charge < -0.3 is 20.3 Å². The predicted molar refractivity (Wildman–Crippen MR) is 89.9 cm³/mol. The third kappa shape index (κ3) is 3.83. The van der Waals surface area contributed by atoms with Crippen molar-refractivity contribution in [3.8, 4) is 0 Å². The van der Waals surface area contributed by atoms with Crippen LogP contribution in [0.3, 0.4) is 0 Å². The minimum atomic E-state index is -0.837. The Kier molecular flexibility index (Phi) is 5.62. The number of methoxy groups -OCH3 is 1. The highest BCUT2D eigenvalue weighted by atomic mass is 35.5. The number of halogens is 1. The summed E-state index contributed by atoms with van der Waals surface area (Å²) in [7, 11) is 4.85. The minimum absolute atomic E-state index is 0.202. The molecule has 1 aliphatic rings. The zero-order chi connectivity index (χ0) is 17.0. The Balaban J connectivity index is 2.21. The molecule has 0 atom stereocenters. The van der Waals surface area contributed by atoms with E-state index in [-0.39, 0.29) is 11.8 Å². The number of piperidine rings is 1. The summed E-state index contributed by atoms with van der Waals surface area (Å²) < 4.78 is 5.50. The maximum Gasteiger partial charge on any atom is 0.256 e. The number of hydrogen-bond acceptors (Lipinski definition) is 4. The molecule has 6 nitrogen and oxygen atoms in total. The van der Waals surface area contributed by atoms with E-state index in [0.717, 1.165) is 13.1 Å². The second kappa shape index (κ2) is 7.29. The van der Waals surface area contributed by atoms with Crippen LogP contribution < -0.4 is 10.6 Å². The lowest BCUT2D eigenvalue weighted by Crippen LogP contribution is -2.51. The number of hydrogen-bond donors (Lipinski definition) is 2. The van der Waals surface area contributed by atoms with Gasteiger partial charge in [-0.1, -0.05) is 11.6 Å². The molecule has 0 radical (unpaired) electrons. The molecule has 126 valence electrons. The lowest BCUT2D eigenvalue weighted by atomic mass is 9.91. The molecule has 2 N–H and O–H groups in total. The maximum absolute atomic E-state index is 12.6. The quantitative estimate of drug-likeness (QED) is 0.876. The van der Waals surface area contributed by atoms with E-state index in [4.69, 9.17) is 16.3 Å². The Bertz CT molecular complexity index is 598. The smallest absolute Gasteiger partial charge is 0.256 e. The third-order valence-corrected chi connectivity index (χ3v) is 4.41. The molecular formula is C16H22ClN3O3. The zero-order valence-corrected chi connectivity index (χ0v) is 14.4. The first-order valence-corrected chi connectivity index (χ1v) is 7.86. The van der Waals surface area contributed by atoms with Gasteiger partial charge in [-0.3, -0.25) is 9.59 Å². The first-order chi connectivity index (χ1) is 10.9. The monoisotopic (exact) mass is 339 g/mol. The van der Waals surface area contributed by atoms with Crippen LogP contribution in [-0.4, -0.2) is 56.6 Å². The number of anilines is 1. The van der Waals surface area contributed by atoms with E-state index in [1.165, 1.54) is 4.90 Å². The average Bonchev–Trinajstić information content (AvgIpc) is 2.56. The molecule has 7 heteroatoms. The number of amides is 2. The molecule has 2 amide bonds. The van der Waals surface area contributed by atoms with Crippen molar-refractivity contribution in [2.24, 2.45) is 0 Å². The highest BCUT2D eigenvalue weighted by Crippen LogP contribution is 2.26. The average molecular weight is 340 g/mol. The predicted octanol–water partition coefficient (Wildman–Crippen LogP) is 1.75. The third-order valence-electron chi connectivity index (χ3n) is 4.08. The van der Waals surface area contributed by atoms with E-state index in [9.17, 15) is 9.59 Å². The van der Waals surface area contributed by atoms with Crippen molar-refractivity contribution < 1.29 is 14.3 Å². The van der Waals surface area contributed by atoms with Crippen molar-refractivity contribution in [1.29, 1.82) is 0 Å². The van der Waals surface area contributed by atoms with Crippen LogP contribution in [0.15, 0.2) is 18.2 Å². The number of nitrogens with zero attached hydrogens (tertiary/aromatic N) is 1. The second-order valence-corrected chi connectivity index (χ2v) is 6.20. The fourth-order valence-corrected chi connectivity index (χ4v) is 2.81. The molecule has 0 aromatic heterocycles. The summed E-state index contributed by atoms with van der Waals surface area (Å²) in [5.41, 5.74) is 0.0437. The molecule has 1 saturated heterocycles. The summed E-state index contributed by atoms with van der Waals surface area (Å²) in [6, 6.07) is 4.87. The Morgan fingerprint density at radius 2 is 1.96 bits per heavy atom. The highest BCUT2D eigenvalue weighted by molar-refractivity contribution is 6.34. The summed E-state index contributed by atoms with van der Waals surface area (Å²) in [6.45, 7) is 1.46. The van der Waals surface area contributed by atoms with Crippen LogP contribution in [0.1, 0.15) is 23.2 Å². The summed E-state index contributed by atoms with van der Waals surface area (Å²) in [5, 5.41) is 6.40. The van der Waals surface area contributed by atoms with Gasteiger partial charge in [0.15, 0.2) is 0 Å². The van der Waals surface area contributed by atoms with Crippen LogP contribution in [0.2, 0.25) is 5.02 Å². The number of benzene rings is 1. The molecule has 23 heavy (non-hydrogen) atoms. The Morgan fingerprint density at radius 3 is 2.52 bits per heavy atom. The lowest BCUT2D eigenvalue weighted by Gasteiger charge is -2.34. The first kappa shape index (κ1) is 17.7. The van der Waals surface area contributed by atoms with Gasteiger partial charge >= 0.3 is 0 Å². The number of carbonyl (C=O) groups is 2. The fraction of sp³-hybridized carbons (Fsp3) is 0.500. The van der Waals surface area contributed by atoms with Gasteiger partial charge in [-0.05, 0) is 44.1 Å². The Hall–Kier alpha value is -1.63. The SMILES string of the molecule is COC1(C(=O)Nc2ccc(Cl)c(C(=O)N(C)C)c2)CCNCC1. The van der Waals surface area contributed by atoms with Gasteiger partial charge in [0.2, 0.25) is 0 Å². The Morgan fingerprint density at radius 1 is 1.30 bits per heavy atom. The minimum Gasteiger partial charge on any atom is -0.368 e. The van der Waals surface area contributed by atoms with Gasteiger partial charge in [0.1, 0.15) is 5.60 Å². The molecule has 0 saturated carbocycles. The first-order valence-electron chi connectivity index (χ1n) is 7.48. The number of carbonyl (C=O) groups excluding carboxylic acids is 2. The van der Waals surface area contributed by atoms with Crippen LogP contribution in [-0.2, 0) is 9.53 Å². The molecule has 1 fully saturated rings. The molecule has 1 aromatic rings. The molecule has 2 rings (SSSR count). The lowest BCUT2D eigenvalue weighted by molar-refractivity contribution is -0.140. The molecule has 0 unspecified atom stereocenters. The van der Waals surface area contributed by atoms with Crippen molar-refractivity contribution in [2.75, 3.05) is 39.6 Å². The second-order valence-electron chi connectivity index (χ2n) is 5.80. The normalized spacial score (nSPS) is 16.7. The number of nitrogens with one attached hydrogen (secondary N) is 2. The maximum atomic E-state index is 12.6. The molecular weight excluding hydrogens is 318 g/mol. The van der Waals surface area contributed by atoms with Crippen molar-refractivity contribution in [2.45, 2.75) is 18.4 Å². The topological polar surface area (TPSA) is 70.7 Å². The van der Waals surface area contributed by atoms with Crippen LogP contribution in [0.25, 0.3) is 0 Å². The molecule has 1 heterocycles. The molecule has 1 aliphatic heterocycles. The molecule has 0 bridgehead atoms. The number of rotatable bonds is 4. The Labute approximate surface area is 141 Å². The van der Waals surface area contributed by atoms with E-state index in [2.05, 4.69) is 10.6 Å². The van der Waals surface area contributed by atoms with Crippen LogP contribution in [0, 0.1) is 0 Å². The van der Waals surface area contributed by atoms with Gasteiger partial charge in [0.25, 0.3) is 11.8 Å². The summed E-state index contributed by atoms with van der Waals surface area (Å²) in [5.74, 6) is -0.415. The highest BCUT2D eigenvalue weighted by Gasteiger charge is 2.39.